The topological polar surface area (TPSA) is 29.3 Å². The van der Waals surface area contributed by atoms with E-state index in [0.29, 0.717) is 0 Å². The average Bonchev–Trinajstić information content (AvgIpc) is 2.60. The first-order valence-corrected chi connectivity index (χ1v) is 6.88. The molecular formula is C15H22N2. The van der Waals surface area contributed by atoms with Gasteiger partial charge in [-0.25, -0.2) is 0 Å². The molecule has 1 unspecified atom stereocenters. The molecule has 2 aliphatic rings. The molecule has 2 heteroatoms. The zero-order valence-corrected chi connectivity index (χ0v) is 10.7. The summed E-state index contributed by atoms with van der Waals surface area (Å²) in [6.07, 6.45) is 6.42. The monoisotopic (exact) mass is 230 g/mol. The predicted octanol–water partition coefficient (Wildman–Crippen LogP) is 2.49. The van der Waals surface area contributed by atoms with E-state index >= 15 is 0 Å². The Morgan fingerprint density at radius 2 is 2.24 bits per heavy atom. The molecule has 1 atom stereocenters. The zero-order valence-electron chi connectivity index (χ0n) is 10.7. The van der Waals surface area contributed by atoms with Crippen LogP contribution in [0.15, 0.2) is 18.2 Å². The number of fused-ring (bicyclic) bond motifs is 1. The highest BCUT2D eigenvalue weighted by atomic mass is 15.2. The van der Waals surface area contributed by atoms with Crippen molar-refractivity contribution in [3.05, 3.63) is 29.3 Å². The molecule has 3 rings (SSSR count). The highest BCUT2D eigenvalue weighted by Crippen LogP contribution is 2.37. The fraction of sp³-hybridized carbons (Fsp3) is 0.600. The van der Waals surface area contributed by atoms with Gasteiger partial charge in [-0.05, 0) is 56.2 Å². The lowest BCUT2D eigenvalue weighted by molar-refractivity contribution is 0.392. The van der Waals surface area contributed by atoms with Crippen molar-refractivity contribution in [3.63, 3.8) is 0 Å². The normalized spacial score (nSPS) is 21.2. The molecule has 0 aromatic heterocycles. The molecule has 2 nitrogen and oxygen atoms in total. The SMILES string of the molecule is CC(N)Cc1cccc2c1CCN2C1CCC1. The fourth-order valence-electron chi connectivity index (χ4n) is 3.15. The standard InChI is InChI=1S/C15H22N2/c1-11(16)10-12-4-2-7-15-14(12)8-9-17(15)13-5-3-6-13/h2,4,7,11,13H,3,5-6,8-10,16H2,1H3. The number of hydrogen-bond donors (Lipinski definition) is 1. The van der Waals surface area contributed by atoms with Crippen molar-refractivity contribution in [1.29, 1.82) is 0 Å². The Labute approximate surface area is 104 Å². The average molecular weight is 230 g/mol. The second-order valence-electron chi connectivity index (χ2n) is 5.62. The minimum absolute atomic E-state index is 0.263. The van der Waals surface area contributed by atoms with Gasteiger partial charge < -0.3 is 10.6 Å². The predicted molar refractivity (Wildman–Crippen MR) is 72.5 cm³/mol. The van der Waals surface area contributed by atoms with Crippen LogP contribution in [0.25, 0.3) is 0 Å². The minimum Gasteiger partial charge on any atom is -0.368 e. The molecule has 0 radical (unpaired) electrons. The molecule has 0 amide bonds. The number of nitrogens with zero attached hydrogens (tertiary/aromatic N) is 1. The van der Waals surface area contributed by atoms with E-state index < -0.39 is 0 Å². The van der Waals surface area contributed by atoms with E-state index in [0.717, 1.165) is 12.5 Å². The van der Waals surface area contributed by atoms with Gasteiger partial charge in [-0.1, -0.05) is 12.1 Å². The maximum atomic E-state index is 5.94. The number of benzene rings is 1. The molecule has 1 fully saturated rings. The van der Waals surface area contributed by atoms with E-state index in [-0.39, 0.29) is 6.04 Å². The molecular weight excluding hydrogens is 208 g/mol. The van der Waals surface area contributed by atoms with Gasteiger partial charge in [0.25, 0.3) is 0 Å². The second kappa shape index (κ2) is 4.34. The summed E-state index contributed by atoms with van der Waals surface area (Å²) in [6.45, 7) is 3.31. The Kier molecular flexibility index (Phi) is 2.83. The highest BCUT2D eigenvalue weighted by molar-refractivity contribution is 5.62. The van der Waals surface area contributed by atoms with E-state index in [9.17, 15) is 0 Å². The summed E-state index contributed by atoms with van der Waals surface area (Å²) in [7, 11) is 0. The van der Waals surface area contributed by atoms with Gasteiger partial charge in [0.1, 0.15) is 0 Å². The number of rotatable bonds is 3. The Bertz CT molecular complexity index is 407. The Hall–Kier alpha value is -1.02. The van der Waals surface area contributed by atoms with Crippen LogP contribution in [0.5, 0.6) is 0 Å². The third-order valence-corrected chi connectivity index (χ3v) is 4.22. The summed E-state index contributed by atoms with van der Waals surface area (Å²) in [5.41, 5.74) is 10.5. The molecule has 1 aliphatic heterocycles. The van der Waals surface area contributed by atoms with Crippen molar-refractivity contribution in [2.75, 3.05) is 11.4 Å². The van der Waals surface area contributed by atoms with E-state index in [1.165, 1.54) is 43.5 Å². The Balaban J connectivity index is 1.88. The Morgan fingerprint density at radius 3 is 2.88 bits per heavy atom. The van der Waals surface area contributed by atoms with Crippen LogP contribution in [0.4, 0.5) is 5.69 Å². The molecule has 92 valence electrons. The van der Waals surface area contributed by atoms with Crippen LogP contribution in [0, 0.1) is 0 Å². The van der Waals surface area contributed by atoms with Crippen LogP contribution in [0.2, 0.25) is 0 Å². The Morgan fingerprint density at radius 1 is 1.41 bits per heavy atom. The third kappa shape index (κ3) is 1.95. The van der Waals surface area contributed by atoms with Gasteiger partial charge in [0.15, 0.2) is 0 Å². The molecule has 1 heterocycles. The van der Waals surface area contributed by atoms with E-state index in [1.807, 2.05) is 0 Å². The molecule has 0 bridgehead atoms. The van der Waals surface area contributed by atoms with Crippen LogP contribution in [0.3, 0.4) is 0 Å². The van der Waals surface area contributed by atoms with Crippen molar-refractivity contribution in [3.8, 4) is 0 Å². The van der Waals surface area contributed by atoms with E-state index in [4.69, 9.17) is 5.73 Å². The molecule has 1 aliphatic carbocycles. The van der Waals surface area contributed by atoms with Crippen molar-refractivity contribution in [2.24, 2.45) is 5.73 Å². The van der Waals surface area contributed by atoms with Gasteiger partial charge in [-0.15, -0.1) is 0 Å². The minimum atomic E-state index is 0.263. The van der Waals surface area contributed by atoms with Gasteiger partial charge in [0.05, 0.1) is 0 Å². The van der Waals surface area contributed by atoms with Gasteiger partial charge in [0.2, 0.25) is 0 Å². The summed E-state index contributed by atoms with van der Waals surface area (Å²) in [6, 6.07) is 7.84. The molecule has 1 aromatic rings. The molecule has 0 saturated heterocycles. The van der Waals surface area contributed by atoms with Gasteiger partial charge in [-0.2, -0.15) is 0 Å². The van der Waals surface area contributed by atoms with E-state index in [1.54, 1.807) is 5.56 Å². The smallest absolute Gasteiger partial charge is 0.0404 e. The lowest BCUT2D eigenvalue weighted by Gasteiger charge is -2.36. The number of anilines is 1. The van der Waals surface area contributed by atoms with Crippen LogP contribution in [0.1, 0.15) is 37.3 Å². The largest absolute Gasteiger partial charge is 0.368 e. The van der Waals surface area contributed by atoms with Crippen LogP contribution < -0.4 is 10.6 Å². The zero-order chi connectivity index (χ0) is 11.8. The van der Waals surface area contributed by atoms with Crippen LogP contribution >= 0.6 is 0 Å². The number of nitrogens with two attached hydrogens (primary N) is 1. The highest BCUT2D eigenvalue weighted by Gasteiger charge is 2.30. The summed E-state index contributed by atoms with van der Waals surface area (Å²) in [4.78, 5) is 2.63. The van der Waals surface area contributed by atoms with Crippen molar-refractivity contribution in [2.45, 2.75) is 51.1 Å². The summed E-state index contributed by atoms with van der Waals surface area (Å²) in [5.74, 6) is 0. The summed E-state index contributed by atoms with van der Waals surface area (Å²) < 4.78 is 0. The molecule has 1 saturated carbocycles. The maximum Gasteiger partial charge on any atom is 0.0404 e. The maximum absolute atomic E-state index is 5.94. The van der Waals surface area contributed by atoms with Crippen LogP contribution in [-0.4, -0.2) is 18.6 Å². The summed E-state index contributed by atoms with van der Waals surface area (Å²) >= 11 is 0. The van der Waals surface area contributed by atoms with Crippen LogP contribution in [-0.2, 0) is 12.8 Å². The fourth-order valence-corrected chi connectivity index (χ4v) is 3.15. The molecule has 0 spiro atoms. The molecule has 1 aromatic carbocycles. The second-order valence-corrected chi connectivity index (χ2v) is 5.62. The van der Waals surface area contributed by atoms with Crippen molar-refractivity contribution >= 4 is 5.69 Å². The van der Waals surface area contributed by atoms with Gasteiger partial charge in [-0.3, -0.25) is 0 Å². The van der Waals surface area contributed by atoms with E-state index in [2.05, 4.69) is 30.0 Å². The first-order chi connectivity index (χ1) is 8.25. The quantitative estimate of drug-likeness (QED) is 0.864. The lowest BCUT2D eigenvalue weighted by Crippen LogP contribution is -2.38. The third-order valence-electron chi connectivity index (χ3n) is 4.22. The number of hydrogen-bond acceptors (Lipinski definition) is 2. The molecule has 17 heavy (non-hydrogen) atoms. The first kappa shape index (κ1) is 11.1. The van der Waals surface area contributed by atoms with Gasteiger partial charge in [0, 0.05) is 24.3 Å². The first-order valence-electron chi connectivity index (χ1n) is 6.88. The lowest BCUT2D eigenvalue weighted by atomic mass is 9.91. The van der Waals surface area contributed by atoms with Crippen molar-refractivity contribution < 1.29 is 0 Å². The van der Waals surface area contributed by atoms with Crippen molar-refractivity contribution in [1.82, 2.24) is 0 Å². The molecule has 2 N–H and O–H groups in total. The summed E-state index contributed by atoms with van der Waals surface area (Å²) in [5, 5.41) is 0. The van der Waals surface area contributed by atoms with Gasteiger partial charge >= 0.3 is 0 Å².